The van der Waals surface area contributed by atoms with Crippen LogP contribution in [0.4, 0.5) is 17.6 Å². The van der Waals surface area contributed by atoms with Gasteiger partial charge < -0.3 is 20.6 Å². The van der Waals surface area contributed by atoms with Crippen LogP contribution in [-0.4, -0.2) is 58.8 Å². The van der Waals surface area contributed by atoms with Crippen LogP contribution in [0.25, 0.3) is 15.8 Å². The number of carbonyl (C=O) groups is 3. The molecule has 5 heterocycles. The van der Waals surface area contributed by atoms with Crippen molar-refractivity contribution in [3.8, 4) is 0 Å². The van der Waals surface area contributed by atoms with Crippen LogP contribution in [0.15, 0.2) is 117 Å². The molecule has 69 heavy (non-hydrogen) atoms. The number of pyridine rings is 2. The molecule has 360 valence electrons. The number of hydrogen-bond acceptors (Lipinski definition) is 9. The van der Waals surface area contributed by atoms with Crippen LogP contribution >= 0.6 is 11.3 Å². The summed E-state index contributed by atoms with van der Waals surface area (Å²) in [6.45, 7) is 1.67. The first kappa shape index (κ1) is 48.9. The van der Waals surface area contributed by atoms with Crippen molar-refractivity contribution in [3.63, 3.8) is 0 Å². The highest BCUT2D eigenvalue weighted by molar-refractivity contribution is 7.93. The Kier molecular flexibility index (Phi) is 14.1. The van der Waals surface area contributed by atoms with Gasteiger partial charge in [0.15, 0.2) is 0 Å². The zero-order valence-electron chi connectivity index (χ0n) is 37.6. The summed E-state index contributed by atoms with van der Waals surface area (Å²) in [5.41, 5.74) is 4.10. The van der Waals surface area contributed by atoms with Crippen molar-refractivity contribution in [1.29, 1.82) is 0 Å². The lowest BCUT2D eigenvalue weighted by Gasteiger charge is -2.15. The molecule has 3 aromatic carbocycles. The number of aromatic nitrogens is 3. The summed E-state index contributed by atoms with van der Waals surface area (Å²) in [4.78, 5) is 69.1. The molecule has 4 fully saturated rings. The highest BCUT2D eigenvalue weighted by Crippen LogP contribution is 2.39. The molecule has 2 amide bonds. The molecule has 0 bridgehead atoms. The fourth-order valence-electron chi connectivity index (χ4n) is 8.13. The Hall–Kier alpha value is -6.53. The second-order valence-corrected chi connectivity index (χ2v) is 21.2. The predicted octanol–water partition coefficient (Wildman–Crippen LogP) is 9.02. The van der Waals surface area contributed by atoms with Gasteiger partial charge in [-0.1, -0.05) is 78.9 Å². The van der Waals surface area contributed by atoms with Crippen molar-refractivity contribution in [2.24, 2.45) is 0 Å². The van der Waals surface area contributed by atoms with E-state index in [1.165, 1.54) is 47.7 Å². The van der Waals surface area contributed by atoms with E-state index in [1.54, 1.807) is 30.3 Å². The molecule has 3 aromatic heterocycles. The largest absolute Gasteiger partial charge is 0.352 e. The van der Waals surface area contributed by atoms with Gasteiger partial charge in [0.25, 0.3) is 23.0 Å². The third-order valence-corrected chi connectivity index (χ3v) is 15.6. The summed E-state index contributed by atoms with van der Waals surface area (Å²) in [6, 6.07) is 25.1. The van der Waals surface area contributed by atoms with Gasteiger partial charge in [0, 0.05) is 77.9 Å². The SMILES string of the molecule is CC(F)(F)c1ccc(/C(=C/C2CCC(=O)N2)c2ccc(C3CC3)c(=O)[nH]2)cc1.CC(F)(F)c1ccc(C(=O)c2ccc(C3CC3)c(=O)[nH]2)cc1.O=C1CC[C@H](CS(=O)(=O)c2nc3ccccc3s2)N1. The maximum Gasteiger partial charge on any atom is 0.270 e. The first-order valence-corrected chi connectivity index (χ1v) is 25.1. The minimum Gasteiger partial charge on any atom is -0.352 e. The van der Waals surface area contributed by atoms with E-state index >= 15 is 0 Å². The molecule has 10 rings (SSSR count). The van der Waals surface area contributed by atoms with Crippen molar-refractivity contribution in [1.82, 2.24) is 25.6 Å². The molecule has 2 aliphatic heterocycles. The van der Waals surface area contributed by atoms with E-state index in [9.17, 15) is 50.0 Å². The maximum absolute atomic E-state index is 13.6. The number of ketones is 1. The Morgan fingerprint density at radius 1 is 0.667 bits per heavy atom. The van der Waals surface area contributed by atoms with Gasteiger partial charge in [-0.25, -0.2) is 31.0 Å². The molecule has 2 saturated carbocycles. The first-order valence-electron chi connectivity index (χ1n) is 22.6. The molecule has 0 radical (unpaired) electrons. The van der Waals surface area contributed by atoms with Crippen LogP contribution in [-0.2, 0) is 31.3 Å². The lowest BCUT2D eigenvalue weighted by Crippen LogP contribution is -2.32. The molecule has 6 aromatic rings. The molecule has 4 aliphatic rings. The van der Waals surface area contributed by atoms with Gasteiger partial charge in [-0.2, -0.15) is 0 Å². The number of para-hydroxylation sites is 1. The molecule has 18 heteroatoms. The number of rotatable bonds is 12. The number of aromatic amines is 2. The molecular formula is C51H49F4N5O7S2. The second-order valence-electron chi connectivity index (χ2n) is 17.9. The number of benzene rings is 3. The second kappa shape index (κ2) is 19.8. The van der Waals surface area contributed by atoms with Crippen molar-refractivity contribution in [2.75, 3.05) is 5.75 Å². The van der Waals surface area contributed by atoms with Crippen molar-refractivity contribution < 1.29 is 40.4 Å². The highest BCUT2D eigenvalue weighted by Gasteiger charge is 2.31. The fraction of sp³-hybridized carbons (Fsp3) is 0.333. The lowest BCUT2D eigenvalue weighted by molar-refractivity contribution is -0.120. The van der Waals surface area contributed by atoms with Crippen LogP contribution in [0, 0.1) is 0 Å². The van der Waals surface area contributed by atoms with Crippen LogP contribution in [0.2, 0.25) is 0 Å². The lowest BCUT2D eigenvalue weighted by atomic mass is 9.96. The minimum atomic E-state index is -3.44. The highest BCUT2D eigenvalue weighted by atomic mass is 32.2. The van der Waals surface area contributed by atoms with Gasteiger partial charge in [-0.3, -0.25) is 24.0 Å². The van der Waals surface area contributed by atoms with Crippen LogP contribution in [0.1, 0.15) is 127 Å². The molecule has 1 unspecified atom stereocenters. The molecule has 4 N–H and O–H groups in total. The predicted molar refractivity (Wildman–Crippen MR) is 255 cm³/mol. The number of thiazole rings is 1. The zero-order chi connectivity index (χ0) is 49.3. The standard InChI is InChI=1S/C22H22F2N2O2.C17H15F2NO2.C12H12N2O3S2/c1-22(23,24)15-6-4-14(5-7-15)18(12-16-8-11-20(27)25-16)19-10-9-17(13-2-3-13)21(28)26-19;1-17(18,19)12-6-4-11(5-7-12)15(21)14-9-8-13(10-2-3-10)16(22)20-14;15-11-6-5-8(13-11)7-19(16,17)12-14-9-3-1-2-4-10(9)18-12/h4-7,9-10,12-13,16H,2-3,8,11H2,1H3,(H,25,27)(H,26,28);4-10H,2-3H2,1H3,(H,20,22);1-4,8H,5-7H2,(H,13,15)/b18-12-;;/t;;8-/m..1/s1. The Bertz CT molecular complexity index is 3130. The number of amides is 2. The average molecular weight is 984 g/mol. The number of nitrogens with zero attached hydrogens (tertiary/aromatic N) is 1. The minimum absolute atomic E-state index is 0.0147. The zero-order valence-corrected chi connectivity index (χ0v) is 39.3. The smallest absolute Gasteiger partial charge is 0.270 e. The number of halogens is 4. The summed E-state index contributed by atoms with van der Waals surface area (Å²) >= 11 is 1.18. The van der Waals surface area contributed by atoms with Crippen LogP contribution in [0.3, 0.4) is 0 Å². The number of nitrogens with one attached hydrogen (secondary N) is 4. The average Bonchev–Trinajstić information content (AvgIpc) is 4.21. The number of sulfone groups is 1. The molecule has 0 spiro atoms. The van der Waals surface area contributed by atoms with E-state index in [1.807, 2.05) is 36.4 Å². The summed E-state index contributed by atoms with van der Waals surface area (Å²) in [7, 11) is -3.44. The van der Waals surface area contributed by atoms with Crippen molar-refractivity contribution in [3.05, 3.63) is 169 Å². The summed E-state index contributed by atoms with van der Waals surface area (Å²) in [6.07, 6.45) is 8.06. The Morgan fingerprint density at radius 3 is 1.68 bits per heavy atom. The fourth-order valence-corrected chi connectivity index (χ4v) is 11.0. The molecular weight excluding hydrogens is 935 g/mol. The van der Waals surface area contributed by atoms with Gasteiger partial charge >= 0.3 is 0 Å². The number of hydrogen-bond donors (Lipinski definition) is 4. The van der Waals surface area contributed by atoms with Crippen LogP contribution < -0.4 is 21.8 Å². The number of H-pyrrole nitrogens is 2. The van der Waals surface area contributed by atoms with Crippen molar-refractivity contribution in [2.45, 2.75) is 105 Å². The number of carbonyl (C=O) groups excluding carboxylic acids is 3. The summed E-state index contributed by atoms with van der Waals surface area (Å²) < 4.78 is 78.9. The monoisotopic (exact) mass is 983 g/mol. The first-order chi connectivity index (χ1) is 32.7. The van der Waals surface area contributed by atoms with E-state index in [0.29, 0.717) is 59.9 Å². The van der Waals surface area contributed by atoms with Crippen LogP contribution in [0.5, 0.6) is 0 Å². The Morgan fingerprint density at radius 2 is 1.19 bits per heavy atom. The van der Waals surface area contributed by atoms with Crippen molar-refractivity contribution >= 4 is 54.6 Å². The van der Waals surface area contributed by atoms with E-state index in [-0.39, 0.29) is 73.3 Å². The molecule has 2 saturated heterocycles. The van der Waals surface area contributed by atoms with E-state index in [4.69, 9.17) is 0 Å². The number of alkyl halides is 4. The molecule has 2 aliphatic carbocycles. The van der Waals surface area contributed by atoms with E-state index < -0.39 is 21.7 Å². The third kappa shape index (κ3) is 12.2. The van der Waals surface area contributed by atoms with Gasteiger partial charge in [-0.05, 0) is 80.2 Å². The number of fused-ring (bicyclic) bond motifs is 1. The summed E-state index contributed by atoms with van der Waals surface area (Å²) in [5.74, 6) is -5.76. The van der Waals surface area contributed by atoms with Gasteiger partial charge in [0.05, 0.1) is 21.7 Å². The third-order valence-electron chi connectivity index (χ3n) is 12.2. The Balaban J connectivity index is 0.000000142. The molecule has 2 atom stereocenters. The molecule has 12 nitrogen and oxygen atoms in total. The van der Waals surface area contributed by atoms with E-state index in [2.05, 4.69) is 25.6 Å². The van der Waals surface area contributed by atoms with E-state index in [0.717, 1.165) is 55.4 Å². The summed E-state index contributed by atoms with van der Waals surface area (Å²) in [5, 5.41) is 5.56. The van der Waals surface area contributed by atoms with Gasteiger partial charge in [0.1, 0.15) is 0 Å². The normalized spacial score (nSPS) is 18.4. The van der Waals surface area contributed by atoms with Gasteiger partial charge in [0.2, 0.25) is 31.8 Å². The quantitative estimate of drug-likeness (QED) is 0.0691. The maximum atomic E-state index is 13.6. The topological polar surface area (TPSA) is 188 Å². The Labute approximate surface area is 398 Å². The van der Waals surface area contributed by atoms with Gasteiger partial charge in [-0.15, -0.1) is 11.3 Å².